The van der Waals surface area contributed by atoms with Gasteiger partial charge in [-0.25, -0.2) is 17.5 Å². The van der Waals surface area contributed by atoms with Gasteiger partial charge in [0.05, 0.1) is 12.3 Å². The molecule has 0 radical (unpaired) electrons. The molecule has 0 fully saturated rings. The molecule has 2 rings (SSSR count). The third kappa shape index (κ3) is 4.92. The first-order valence-corrected chi connectivity index (χ1v) is 8.32. The molecule has 0 saturated heterocycles. The first-order valence-electron chi connectivity index (χ1n) is 6.46. The average Bonchev–Trinajstić information content (AvgIpc) is 2.91. The lowest BCUT2D eigenvalue weighted by Crippen LogP contribution is -2.34. The van der Waals surface area contributed by atoms with Crippen LogP contribution in [0.3, 0.4) is 0 Å². The number of benzene rings is 1. The van der Waals surface area contributed by atoms with Crippen LogP contribution in [0.2, 0.25) is 5.02 Å². The maximum Gasteiger partial charge on any atom is 0.243 e. The molecule has 1 N–H and O–H groups in total. The van der Waals surface area contributed by atoms with E-state index in [0.29, 0.717) is 5.76 Å². The molecule has 0 bridgehead atoms. The molecule has 0 spiro atoms. The minimum atomic E-state index is -3.98. The van der Waals surface area contributed by atoms with Gasteiger partial charge in [0, 0.05) is 11.6 Å². The van der Waals surface area contributed by atoms with Crippen molar-refractivity contribution in [2.24, 2.45) is 0 Å². The normalized spacial score (nSPS) is 12.9. The van der Waals surface area contributed by atoms with Crippen LogP contribution in [0.25, 0.3) is 0 Å². The Kier molecular flexibility index (Phi) is 7.03. The molecule has 1 aromatic heterocycles. The van der Waals surface area contributed by atoms with Crippen molar-refractivity contribution in [1.82, 2.24) is 9.62 Å². The Morgan fingerprint density at radius 3 is 2.57 bits per heavy atom. The van der Waals surface area contributed by atoms with Crippen LogP contribution in [0, 0.1) is 5.82 Å². The van der Waals surface area contributed by atoms with Crippen LogP contribution < -0.4 is 4.72 Å². The van der Waals surface area contributed by atoms with Gasteiger partial charge in [-0.1, -0.05) is 11.6 Å². The van der Waals surface area contributed by atoms with Crippen LogP contribution in [0.5, 0.6) is 0 Å². The minimum absolute atomic E-state index is 0. The van der Waals surface area contributed by atoms with Gasteiger partial charge < -0.3 is 4.42 Å². The van der Waals surface area contributed by atoms with E-state index < -0.39 is 20.7 Å². The monoisotopic (exact) mass is 382 g/mol. The number of likely N-dealkylation sites (N-methyl/N-ethyl adjacent to an activating group) is 1. The molecule has 128 valence electrons. The highest BCUT2D eigenvalue weighted by Gasteiger charge is 2.23. The lowest BCUT2D eigenvalue weighted by Gasteiger charge is -2.22. The molecular weight excluding hydrogens is 366 g/mol. The van der Waals surface area contributed by atoms with Gasteiger partial charge in [-0.15, -0.1) is 12.4 Å². The summed E-state index contributed by atoms with van der Waals surface area (Å²) in [7, 11) is -0.387. The summed E-state index contributed by atoms with van der Waals surface area (Å²) in [4.78, 5) is 1.37. The number of hydrogen-bond acceptors (Lipinski definition) is 4. The second-order valence-corrected chi connectivity index (χ2v) is 7.09. The summed E-state index contributed by atoms with van der Waals surface area (Å²) < 4.78 is 45.9. The van der Waals surface area contributed by atoms with Crippen LogP contribution in [0.15, 0.2) is 45.9 Å². The molecule has 1 atom stereocenters. The Labute approximate surface area is 145 Å². The smallest absolute Gasteiger partial charge is 0.243 e. The number of nitrogens with zero attached hydrogens (tertiary/aromatic N) is 1. The fourth-order valence-corrected chi connectivity index (χ4v) is 3.23. The molecule has 0 saturated carbocycles. The minimum Gasteiger partial charge on any atom is -0.468 e. The van der Waals surface area contributed by atoms with Gasteiger partial charge in [-0.3, -0.25) is 4.90 Å². The topological polar surface area (TPSA) is 62.6 Å². The lowest BCUT2D eigenvalue weighted by molar-refractivity contribution is 0.259. The van der Waals surface area contributed by atoms with E-state index in [2.05, 4.69) is 4.72 Å². The van der Waals surface area contributed by atoms with Crippen LogP contribution >= 0.6 is 24.0 Å². The fraction of sp³-hybridized carbons (Fsp3) is 0.286. The van der Waals surface area contributed by atoms with Crippen molar-refractivity contribution in [3.05, 3.63) is 53.2 Å². The van der Waals surface area contributed by atoms with Gasteiger partial charge in [0.25, 0.3) is 0 Å². The maximum atomic E-state index is 13.8. The lowest BCUT2D eigenvalue weighted by atomic mass is 10.2. The molecule has 5 nitrogen and oxygen atoms in total. The number of hydrogen-bond donors (Lipinski definition) is 1. The molecule has 9 heteroatoms. The van der Waals surface area contributed by atoms with E-state index in [0.717, 1.165) is 12.1 Å². The molecule has 0 aliphatic rings. The Morgan fingerprint density at radius 1 is 1.35 bits per heavy atom. The quantitative estimate of drug-likeness (QED) is 0.833. The largest absolute Gasteiger partial charge is 0.468 e. The summed E-state index contributed by atoms with van der Waals surface area (Å²) in [6, 6.07) is 6.60. The van der Waals surface area contributed by atoms with Gasteiger partial charge >= 0.3 is 0 Å². The summed E-state index contributed by atoms with van der Waals surface area (Å²) >= 11 is 5.63. The van der Waals surface area contributed by atoms with Gasteiger partial charge in [0.1, 0.15) is 16.5 Å². The first-order chi connectivity index (χ1) is 10.3. The third-order valence-corrected chi connectivity index (χ3v) is 4.84. The Bertz CT molecular complexity index is 736. The fourth-order valence-electron chi connectivity index (χ4n) is 1.98. The summed E-state index contributed by atoms with van der Waals surface area (Å²) in [6.07, 6.45) is 1.51. The van der Waals surface area contributed by atoms with Crippen molar-refractivity contribution in [3.8, 4) is 0 Å². The Morgan fingerprint density at radius 2 is 2.04 bits per heavy atom. The molecule has 2 aromatic rings. The number of rotatable bonds is 6. The highest BCUT2D eigenvalue weighted by Crippen LogP contribution is 2.21. The van der Waals surface area contributed by atoms with E-state index >= 15 is 0 Å². The predicted octanol–water partition coefficient (Wildman–Crippen LogP) is 3.08. The molecule has 0 aliphatic carbocycles. The summed E-state index contributed by atoms with van der Waals surface area (Å²) in [5.74, 6) is -0.274. The molecule has 0 amide bonds. The molecule has 1 unspecified atom stereocenters. The summed E-state index contributed by atoms with van der Waals surface area (Å²) in [5, 5.41) is 0.137. The Balaban J connectivity index is 0.00000264. The first kappa shape index (κ1) is 19.9. The second-order valence-electron chi connectivity index (χ2n) is 4.92. The maximum absolute atomic E-state index is 13.8. The van der Waals surface area contributed by atoms with E-state index in [9.17, 15) is 12.8 Å². The average molecular weight is 383 g/mol. The predicted molar refractivity (Wildman–Crippen MR) is 89.0 cm³/mol. The molecular formula is C14H17Cl2FN2O3S. The van der Waals surface area contributed by atoms with Crippen LogP contribution in [-0.2, 0) is 10.0 Å². The zero-order chi connectivity index (χ0) is 16.3. The van der Waals surface area contributed by atoms with Crippen molar-refractivity contribution in [2.45, 2.75) is 10.9 Å². The Hall–Kier alpha value is -1.12. The zero-order valence-corrected chi connectivity index (χ0v) is 14.9. The van der Waals surface area contributed by atoms with Crippen molar-refractivity contribution in [1.29, 1.82) is 0 Å². The third-order valence-electron chi connectivity index (χ3n) is 3.15. The molecule has 1 aromatic carbocycles. The zero-order valence-electron chi connectivity index (χ0n) is 12.5. The van der Waals surface area contributed by atoms with Crippen molar-refractivity contribution in [3.63, 3.8) is 0 Å². The standard InChI is InChI=1S/C14H16ClFN2O3S.ClH/c1-18(2)12(13-4-3-7-21-13)9-17-22(19,20)14-6-5-10(15)8-11(14)16;/h3-8,12,17H,9H2,1-2H3;1H. The summed E-state index contributed by atoms with van der Waals surface area (Å²) in [5.41, 5.74) is 0. The van der Waals surface area contributed by atoms with E-state index in [1.807, 2.05) is 0 Å². The van der Waals surface area contributed by atoms with Gasteiger partial charge in [0.2, 0.25) is 10.0 Å². The van der Waals surface area contributed by atoms with Gasteiger partial charge in [-0.2, -0.15) is 0 Å². The second kappa shape index (κ2) is 8.12. The van der Waals surface area contributed by atoms with Crippen molar-refractivity contribution >= 4 is 34.0 Å². The molecule has 0 aliphatic heterocycles. The number of furan rings is 1. The van der Waals surface area contributed by atoms with E-state index in [-0.39, 0.29) is 30.0 Å². The summed E-state index contributed by atoms with van der Waals surface area (Å²) in [6.45, 7) is 0.0465. The number of nitrogens with one attached hydrogen (secondary N) is 1. The highest BCUT2D eigenvalue weighted by atomic mass is 35.5. The number of halogens is 3. The van der Waals surface area contributed by atoms with Gasteiger partial charge in [0.15, 0.2) is 0 Å². The number of sulfonamides is 1. The molecule has 1 heterocycles. The SMILES string of the molecule is CN(C)C(CNS(=O)(=O)c1ccc(Cl)cc1F)c1ccco1.Cl. The van der Waals surface area contributed by atoms with Crippen molar-refractivity contribution < 1.29 is 17.2 Å². The van der Waals surface area contributed by atoms with Crippen LogP contribution in [-0.4, -0.2) is 34.0 Å². The highest BCUT2D eigenvalue weighted by molar-refractivity contribution is 7.89. The van der Waals surface area contributed by atoms with E-state index in [1.54, 1.807) is 31.1 Å². The van der Waals surface area contributed by atoms with Crippen molar-refractivity contribution in [2.75, 3.05) is 20.6 Å². The van der Waals surface area contributed by atoms with E-state index in [4.69, 9.17) is 16.0 Å². The van der Waals surface area contributed by atoms with Crippen LogP contribution in [0.4, 0.5) is 4.39 Å². The van der Waals surface area contributed by atoms with Gasteiger partial charge in [-0.05, 0) is 44.4 Å². The molecule has 23 heavy (non-hydrogen) atoms. The van der Waals surface area contributed by atoms with E-state index in [1.165, 1.54) is 12.3 Å². The van der Waals surface area contributed by atoms with Crippen LogP contribution in [0.1, 0.15) is 11.8 Å².